The highest BCUT2D eigenvalue weighted by atomic mass is 32.2. The summed E-state index contributed by atoms with van der Waals surface area (Å²) in [6.45, 7) is 13.0. The Balaban J connectivity index is 2.00. The van der Waals surface area contributed by atoms with Crippen LogP contribution in [-0.4, -0.2) is 119 Å². The number of hydrogen-bond acceptors (Lipinski definition) is 11. The molecule has 0 aliphatic carbocycles. The normalized spacial score (nSPS) is 29.6. The van der Waals surface area contributed by atoms with E-state index in [0.29, 0.717) is 13.1 Å². The minimum atomic E-state index is -3.86. The van der Waals surface area contributed by atoms with Crippen LogP contribution in [0.1, 0.15) is 70.8 Å². The molecule has 2 aliphatic rings. The minimum Gasteiger partial charge on any atom is -0.460 e. The van der Waals surface area contributed by atoms with Crippen molar-refractivity contribution >= 4 is 27.6 Å². The first-order chi connectivity index (χ1) is 22.7. The number of carbonyl (C=O) groups is 3. The van der Waals surface area contributed by atoms with E-state index in [1.807, 2.05) is 32.6 Å². The number of nitrogens with one attached hydrogen (secondary N) is 1. The average Bonchev–Trinajstić information content (AvgIpc) is 3.68. The molecule has 0 aromatic carbocycles. The highest BCUT2D eigenvalue weighted by Gasteiger charge is 2.50. The topological polar surface area (TPSA) is 180 Å². The smallest absolute Gasteiger partial charge is 0.330 e. The van der Waals surface area contributed by atoms with Gasteiger partial charge >= 0.3 is 5.97 Å². The number of sulfone groups is 1. The predicted molar refractivity (Wildman–Crippen MR) is 181 cm³/mol. The quantitative estimate of drug-likeness (QED) is 0.356. The fourth-order valence-electron chi connectivity index (χ4n) is 6.10. The van der Waals surface area contributed by atoms with Crippen molar-refractivity contribution in [2.45, 2.75) is 90.4 Å². The van der Waals surface area contributed by atoms with Crippen LogP contribution in [0, 0.1) is 11.8 Å². The van der Waals surface area contributed by atoms with Crippen LogP contribution in [0.4, 0.5) is 0 Å². The molecule has 48 heavy (non-hydrogen) atoms. The van der Waals surface area contributed by atoms with E-state index in [2.05, 4.69) is 10.3 Å². The maximum absolute atomic E-state index is 14.0. The first-order valence-corrected chi connectivity index (χ1v) is 18.4. The van der Waals surface area contributed by atoms with Crippen LogP contribution in [0.5, 0.6) is 0 Å². The lowest BCUT2D eigenvalue weighted by molar-refractivity contribution is -0.157. The standard InChI is InChI=1S/C34H52N4O9S/c1-7-37(8-2)16-17-48(44,45)28-13-15-38-31(28)34(43)47-32(22(3)4)24(6)11-12-29(41)35-14-9-10-23(5)18-25(39)19-26(40)20-30-36-27(21-46-30)33(38)42/h9-12,18,21-22,24-26,28,31-32,39-40H,7-8,13-17,19-20H2,1-6H3,(H,35,41)/b10-9+,12-11+,23-18+/t24-,25-,26?,28-,31-,32-/m1/s1. The largest absolute Gasteiger partial charge is 0.460 e. The summed E-state index contributed by atoms with van der Waals surface area (Å²) < 4.78 is 39.0. The highest BCUT2D eigenvalue weighted by molar-refractivity contribution is 7.92. The van der Waals surface area contributed by atoms with Gasteiger partial charge in [-0.15, -0.1) is 0 Å². The van der Waals surface area contributed by atoms with Gasteiger partial charge in [-0.2, -0.15) is 0 Å². The lowest BCUT2D eigenvalue weighted by Crippen LogP contribution is -2.50. The Hall–Kier alpha value is -3.33. The fourth-order valence-corrected chi connectivity index (χ4v) is 8.03. The summed E-state index contributed by atoms with van der Waals surface area (Å²) in [5, 5.41) is 22.6. The highest BCUT2D eigenvalue weighted by Crippen LogP contribution is 2.30. The van der Waals surface area contributed by atoms with Crippen molar-refractivity contribution in [3.63, 3.8) is 0 Å². The molecule has 2 amide bonds. The number of aromatic nitrogens is 1. The number of rotatable bonds is 7. The number of aliphatic hydroxyl groups is 2. The zero-order valence-corrected chi connectivity index (χ0v) is 29.7. The molecular weight excluding hydrogens is 640 g/mol. The fraction of sp³-hybridized carbons (Fsp3) is 0.647. The van der Waals surface area contributed by atoms with E-state index in [0.717, 1.165) is 11.8 Å². The molecule has 3 rings (SSSR count). The van der Waals surface area contributed by atoms with E-state index in [1.54, 1.807) is 38.2 Å². The Kier molecular flexibility index (Phi) is 14.6. The second kappa shape index (κ2) is 17.9. The monoisotopic (exact) mass is 692 g/mol. The average molecular weight is 693 g/mol. The number of amides is 2. The molecule has 1 fully saturated rings. The zero-order chi connectivity index (χ0) is 35.6. The number of hydrogen-bond donors (Lipinski definition) is 3. The molecule has 14 heteroatoms. The summed E-state index contributed by atoms with van der Waals surface area (Å²) in [5.41, 5.74) is 0.587. The van der Waals surface area contributed by atoms with Gasteiger partial charge in [-0.25, -0.2) is 18.2 Å². The molecule has 13 nitrogen and oxygen atoms in total. The summed E-state index contributed by atoms with van der Waals surface area (Å²) in [7, 11) is -3.86. The summed E-state index contributed by atoms with van der Waals surface area (Å²) >= 11 is 0. The van der Waals surface area contributed by atoms with E-state index in [-0.39, 0.29) is 68.1 Å². The number of aliphatic hydroxyl groups excluding tert-OH is 2. The minimum absolute atomic E-state index is 0.0214. The van der Waals surface area contributed by atoms with Crippen LogP contribution in [0.15, 0.2) is 46.6 Å². The molecule has 2 bridgehead atoms. The Morgan fingerprint density at radius 3 is 2.52 bits per heavy atom. The molecule has 6 atom stereocenters. The van der Waals surface area contributed by atoms with Gasteiger partial charge in [0.15, 0.2) is 21.4 Å². The van der Waals surface area contributed by atoms with Gasteiger partial charge in [-0.1, -0.05) is 64.5 Å². The molecule has 2 aliphatic heterocycles. The number of fused-ring (bicyclic) bond motifs is 3. The van der Waals surface area contributed by atoms with Crippen molar-refractivity contribution in [3.8, 4) is 0 Å². The maximum Gasteiger partial charge on any atom is 0.330 e. The van der Waals surface area contributed by atoms with Crippen LogP contribution in [0.2, 0.25) is 0 Å². The summed E-state index contributed by atoms with van der Waals surface area (Å²) in [4.78, 5) is 47.7. The van der Waals surface area contributed by atoms with Crippen LogP contribution >= 0.6 is 0 Å². The van der Waals surface area contributed by atoms with Crippen LogP contribution < -0.4 is 5.32 Å². The van der Waals surface area contributed by atoms with Gasteiger partial charge in [0.1, 0.15) is 18.4 Å². The van der Waals surface area contributed by atoms with Crippen molar-refractivity contribution in [1.29, 1.82) is 0 Å². The molecular formula is C34H52N4O9S. The zero-order valence-electron chi connectivity index (χ0n) is 28.9. The van der Waals surface area contributed by atoms with E-state index in [1.165, 1.54) is 11.0 Å². The Morgan fingerprint density at radius 1 is 1.15 bits per heavy atom. The molecule has 0 radical (unpaired) electrons. The third kappa shape index (κ3) is 10.8. The second-order valence-corrected chi connectivity index (χ2v) is 15.2. The van der Waals surface area contributed by atoms with Gasteiger partial charge in [0, 0.05) is 32.0 Å². The third-order valence-corrected chi connectivity index (χ3v) is 11.0. The molecule has 0 saturated carbocycles. The number of allylic oxidation sites excluding steroid dienone is 2. The number of ether oxygens (including phenoxy) is 1. The number of oxazole rings is 1. The van der Waals surface area contributed by atoms with Crippen LogP contribution in [0.25, 0.3) is 0 Å². The summed E-state index contributed by atoms with van der Waals surface area (Å²) in [5.74, 6) is -2.66. The van der Waals surface area contributed by atoms with Gasteiger partial charge < -0.3 is 34.5 Å². The Bertz CT molecular complexity index is 1450. The van der Waals surface area contributed by atoms with Gasteiger partial charge in [0.25, 0.3) is 5.91 Å². The van der Waals surface area contributed by atoms with Crippen molar-refractivity contribution in [2.24, 2.45) is 11.8 Å². The van der Waals surface area contributed by atoms with Crippen molar-refractivity contribution in [1.82, 2.24) is 20.1 Å². The number of esters is 1. The van der Waals surface area contributed by atoms with Gasteiger partial charge in [-0.3, -0.25) is 9.59 Å². The molecule has 1 aromatic rings. The van der Waals surface area contributed by atoms with E-state index < -0.39 is 57.2 Å². The molecule has 1 unspecified atom stereocenters. The SMILES string of the molecule is CCN(CC)CCS(=O)(=O)[C@@H]1CCN2C(=O)c3coc(n3)CC(O)C[C@H](O)/C=C(C)/C=C/CNC(=O)/C=C/[C@@H](C)[C@@H](C(C)C)OC(=O)[C@@H]12. The van der Waals surface area contributed by atoms with Gasteiger partial charge in [0.2, 0.25) is 5.91 Å². The van der Waals surface area contributed by atoms with Gasteiger partial charge in [0.05, 0.1) is 29.6 Å². The van der Waals surface area contributed by atoms with Crippen molar-refractivity contribution in [2.75, 3.05) is 38.5 Å². The lowest BCUT2D eigenvalue weighted by atomic mass is 9.94. The summed E-state index contributed by atoms with van der Waals surface area (Å²) in [6, 6.07) is -1.43. The molecule has 3 N–H and O–H groups in total. The molecule has 268 valence electrons. The van der Waals surface area contributed by atoms with Crippen LogP contribution in [-0.2, 0) is 30.6 Å². The number of carbonyl (C=O) groups excluding carboxylic acids is 3. The first kappa shape index (κ1) is 39.1. The van der Waals surface area contributed by atoms with Crippen molar-refractivity contribution in [3.05, 3.63) is 53.8 Å². The van der Waals surface area contributed by atoms with Gasteiger partial charge in [-0.05, 0) is 38.4 Å². The van der Waals surface area contributed by atoms with Crippen molar-refractivity contribution < 1.29 is 42.2 Å². The molecule has 1 aromatic heterocycles. The van der Waals surface area contributed by atoms with E-state index >= 15 is 0 Å². The predicted octanol–water partition coefficient (Wildman–Crippen LogP) is 2.06. The second-order valence-electron chi connectivity index (χ2n) is 12.9. The molecule has 3 heterocycles. The molecule has 1 saturated heterocycles. The lowest BCUT2D eigenvalue weighted by Gasteiger charge is -2.31. The molecule has 0 spiro atoms. The van der Waals surface area contributed by atoms with E-state index in [9.17, 15) is 33.0 Å². The Labute approximate surface area is 284 Å². The number of cyclic esters (lactones) is 1. The van der Waals surface area contributed by atoms with E-state index in [4.69, 9.17) is 9.15 Å². The number of nitrogens with zero attached hydrogens (tertiary/aromatic N) is 3. The summed E-state index contributed by atoms with van der Waals surface area (Å²) in [6.07, 6.45) is 6.32. The first-order valence-electron chi connectivity index (χ1n) is 16.7. The van der Waals surface area contributed by atoms with Crippen LogP contribution in [0.3, 0.4) is 0 Å². The Morgan fingerprint density at radius 2 is 1.85 bits per heavy atom. The maximum atomic E-state index is 14.0. The third-order valence-electron chi connectivity index (χ3n) is 8.80.